The zero-order chi connectivity index (χ0) is 13.5. The third-order valence-corrected chi connectivity index (χ3v) is 2.18. The monoisotopic (exact) mass is 246 g/mol. The minimum atomic E-state index is -1.12. The SMILES string of the molecule is CCOC(=O)C(=C=C(C)C(=O)O)c1ccccc1. The van der Waals surface area contributed by atoms with Crippen LogP contribution in [-0.4, -0.2) is 23.7 Å². The molecular formula is C14H14O4. The molecule has 0 bridgehead atoms. The molecule has 18 heavy (non-hydrogen) atoms. The number of rotatable bonds is 4. The first-order chi connectivity index (χ1) is 8.56. The molecule has 1 aromatic carbocycles. The van der Waals surface area contributed by atoms with Gasteiger partial charge >= 0.3 is 11.9 Å². The fourth-order valence-corrected chi connectivity index (χ4v) is 1.29. The van der Waals surface area contributed by atoms with Gasteiger partial charge in [-0.2, -0.15) is 0 Å². The molecule has 0 fully saturated rings. The maximum atomic E-state index is 11.8. The molecule has 1 aromatic rings. The second-order valence-electron chi connectivity index (χ2n) is 3.52. The van der Waals surface area contributed by atoms with Gasteiger partial charge in [-0.3, -0.25) is 0 Å². The second kappa shape index (κ2) is 6.42. The van der Waals surface area contributed by atoms with Crippen LogP contribution in [0.15, 0.2) is 41.6 Å². The Bertz CT molecular complexity index is 508. The number of benzene rings is 1. The lowest BCUT2D eigenvalue weighted by Crippen LogP contribution is -2.07. The zero-order valence-corrected chi connectivity index (χ0v) is 10.3. The van der Waals surface area contributed by atoms with E-state index < -0.39 is 11.9 Å². The van der Waals surface area contributed by atoms with E-state index in [9.17, 15) is 9.59 Å². The van der Waals surface area contributed by atoms with Crippen molar-refractivity contribution >= 4 is 17.5 Å². The highest BCUT2D eigenvalue weighted by Crippen LogP contribution is 2.15. The second-order valence-corrected chi connectivity index (χ2v) is 3.52. The van der Waals surface area contributed by atoms with E-state index >= 15 is 0 Å². The van der Waals surface area contributed by atoms with Crippen LogP contribution < -0.4 is 0 Å². The van der Waals surface area contributed by atoms with Crippen molar-refractivity contribution in [3.8, 4) is 0 Å². The third kappa shape index (κ3) is 3.61. The number of hydrogen-bond acceptors (Lipinski definition) is 3. The Hall–Kier alpha value is -2.32. The molecule has 0 atom stereocenters. The molecule has 94 valence electrons. The van der Waals surface area contributed by atoms with Crippen molar-refractivity contribution in [1.82, 2.24) is 0 Å². The molecule has 0 aliphatic heterocycles. The van der Waals surface area contributed by atoms with Crippen LogP contribution in [0.5, 0.6) is 0 Å². The van der Waals surface area contributed by atoms with Gasteiger partial charge in [0.1, 0.15) is 5.57 Å². The summed E-state index contributed by atoms with van der Waals surface area (Å²) in [5.41, 5.74) is 3.24. The molecule has 1 N–H and O–H groups in total. The van der Waals surface area contributed by atoms with Crippen molar-refractivity contribution in [2.75, 3.05) is 6.61 Å². The number of hydrogen-bond donors (Lipinski definition) is 1. The summed E-state index contributed by atoms with van der Waals surface area (Å²) < 4.78 is 4.89. The molecule has 4 nitrogen and oxygen atoms in total. The average Bonchev–Trinajstić information content (AvgIpc) is 2.36. The highest BCUT2D eigenvalue weighted by Gasteiger charge is 2.13. The summed E-state index contributed by atoms with van der Waals surface area (Å²) in [7, 11) is 0. The van der Waals surface area contributed by atoms with Crippen molar-refractivity contribution in [2.45, 2.75) is 13.8 Å². The summed E-state index contributed by atoms with van der Waals surface area (Å²) in [6.45, 7) is 3.29. The average molecular weight is 246 g/mol. The molecule has 0 amide bonds. The van der Waals surface area contributed by atoms with Crippen molar-refractivity contribution in [3.63, 3.8) is 0 Å². The van der Waals surface area contributed by atoms with Crippen LogP contribution in [0.3, 0.4) is 0 Å². The Morgan fingerprint density at radius 1 is 1.28 bits per heavy atom. The first-order valence-electron chi connectivity index (χ1n) is 5.49. The largest absolute Gasteiger partial charge is 0.477 e. The number of carbonyl (C=O) groups excluding carboxylic acids is 1. The Morgan fingerprint density at radius 2 is 1.89 bits per heavy atom. The molecule has 0 saturated heterocycles. The number of carbonyl (C=O) groups is 2. The maximum Gasteiger partial charge on any atom is 0.346 e. The van der Waals surface area contributed by atoms with Crippen LogP contribution in [0.1, 0.15) is 19.4 Å². The topological polar surface area (TPSA) is 63.6 Å². The van der Waals surface area contributed by atoms with Crippen LogP contribution in [-0.2, 0) is 14.3 Å². The van der Waals surface area contributed by atoms with Crippen LogP contribution >= 0.6 is 0 Å². The van der Waals surface area contributed by atoms with Gasteiger partial charge in [-0.25, -0.2) is 9.59 Å². The van der Waals surface area contributed by atoms with Gasteiger partial charge in [0.15, 0.2) is 0 Å². The van der Waals surface area contributed by atoms with Gasteiger partial charge in [0.05, 0.1) is 12.2 Å². The molecule has 0 aliphatic rings. The standard InChI is InChI=1S/C14H14O4/c1-3-18-14(17)12(9-10(2)13(15)16)11-7-5-4-6-8-11/h4-8H,3H2,1-2H3,(H,15,16). The first-order valence-corrected chi connectivity index (χ1v) is 5.49. The van der Waals surface area contributed by atoms with Crippen LogP contribution in [0.4, 0.5) is 0 Å². The fourth-order valence-electron chi connectivity index (χ4n) is 1.29. The molecule has 4 heteroatoms. The van der Waals surface area contributed by atoms with Crippen molar-refractivity contribution in [1.29, 1.82) is 0 Å². The van der Waals surface area contributed by atoms with Crippen molar-refractivity contribution in [3.05, 3.63) is 47.2 Å². The minimum Gasteiger partial charge on any atom is -0.477 e. The third-order valence-electron chi connectivity index (χ3n) is 2.18. The zero-order valence-electron chi connectivity index (χ0n) is 10.3. The Labute approximate surface area is 105 Å². The van der Waals surface area contributed by atoms with Crippen LogP contribution in [0, 0.1) is 0 Å². The first kappa shape index (κ1) is 13.7. The van der Waals surface area contributed by atoms with Gasteiger partial charge in [0.25, 0.3) is 0 Å². The van der Waals surface area contributed by atoms with Crippen molar-refractivity contribution in [2.24, 2.45) is 0 Å². The summed E-state index contributed by atoms with van der Waals surface area (Å²) >= 11 is 0. The van der Waals surface area contributed by atoms with Gasteiger partial charge < -0.3 is 9.84 Å². The van der Waals surface area contributed by atoms with Gasteiger partial charge in [-0.05, 0) is 19.4 Å². The lowest BCUT2D eigenvalue weighted by atomic mass is 10.1. The predicted molar refractivity (Wildman–Crippen MR) is 66.8 cm³/mol. The van der Waals surface area contributed by atoms with E-state index in [4.69, 9.17) is 9.84 Å². The fraction of sp³-hybridized carbons (Fsp3) is 0.214. The smallest absolute Gasteiger partial charge is 0.346 e. The predicted octanol–water partition coefficient (Wildman–Crippen LogP) is 2.26. The maximum absolute atomic E-state index is 11.8. The molecule has 0 radical (unpaired) electrons. The summed E-state index contributed by atoms with van der Waals surface area (Å²) in [6.07, 6.45) is 0. The Kier molecular flexibility index (Phi) is 4.90. The summed E-state index contributed by atoms with van der Waals surface area (Å²) in [4.78, 5) is 22.6. The number of esters is 1. The summed E-state index contributed by atoms with van der Waals surface area (Å²) in [5.74, 6) is -1.70. The minimum absolute atomic E-state index is 0.0399. The number of carboxylic acids is 1. The van der Waals surface area contributed by atoms with Gasteiger partial charge in [0.2, 0.25) is 0 Å². The highest BCUT2D eigenvalue weighted by atomic mass is 16.5. The molecule has 0 aromatic heterocycles. The molecule has 0 aliphatic carbocycles. The van der Waals surface area contributed by atoms with Crippen LogP contribution in [0.2, 0.25) is 0 Å². The van der Waals surface area contributed by atoms with E-state index in [1.165, 1.54) is 6.92 Å². The normalized spacial score (nSPS) is 9.22. The quantitative estimate of drug-likeness (QED) is 0.503. The molecular weight excluding hydrogens is 232 g/mol. The Morgan fingerprint density at radius 3 is 2.39 bits per heavy atom. The Balaban J connectivity index is 3.33. The lowest BCUT2D eigenvalue weighted by Gasteiger charge is -2.04. The number of aliphatic carboxylic acids is 1. The van der Waals surface area contributed by atoms with E-state index in [-0.39, 0.29) is 17.8 Å². The molecule has 0 heterocycles. The lowest BCUT2D eigenvalue weighted by molar-refractivity contribution is -0.136. The molecule has 0 spiro atoms. The van der Waals surface area contributed by atoms with E-state index in [1.54, 1.807) is 37.3 Å². The van der Waals surface area contributed by atoms with E-state index in [0.717, 1.165) is 0 Å². The van der Waals surface area contributed by atoms with E-state index in [0.29, 0.717) is 5.56 Å². The van der Waals surface area contributed by atoms with Gasteiger partial charge in [0, 0.05) is 0 Å². The van der Waals surface area contributed by atoms with Gasteiger partial charge in [-0.1, -0.05) is 36.1 Å². The number of ether oxygens (including phenoxy) is 1. The highest BCUT2D eigenvalue weighted by molar-refractivity contribution is 6.16. The van der Waals surface area contributed by atoms with Crippen LogP contribution in [0.25, 0.3) is 5.57 Å². The summed E-state index contributed by atoms with van der Waals surface area (Å²) in [5, 5.41) is 8.82. The van der Waals surface area contributed by atoms with Gasteiger partial charge in [-0.15, -0.1) is 0 Å². The van der Waals surface area contributed by atoms with E-state index in [2.05, 4.69) is 5.73 Å². The van der Waals surface area contributed by atoms with Crippen molar-refractivity contribution < 1.29 is 19.4 Å². The summed E-state index contributed by atoms with van der Waals surface area (Å²) in [6, 6.07) is 8.72. The molecule has 1 rings (SSSR count). The van der Waals surface area contributed by atoms with E-state index in [1.807, 2.05) is 0 Å². The molecule has 0 unspecified atom stereocenters. The number of carboxylic acid groups (broad SMARTS) is 1. The molecule has 0 saturated carbocycles.